The lowest BCUT2D eigenvalue weighted by Crippen LogP contribution is -2.33. The Morgan fingerprint density at radius 3 is 2.26 bits per heavy atom. The zero-order chi connectivity index (χ0) is 17.5. The summed E-state index contributed by atoms with van der Waals surface area (Å²) >= 11 is 0. The van der Waals surface area contributed by atoms with Crippen LogP contribution in [0.4, 0.5) is 0 Å². The summed E-state index contributed by atoms with van der Waals surface area (Å²) in [5.41, 5.74) is 0.0567. The quantitative estimate of drug-likeness (QED) is 0.613. The van der Waals surface area contributed by atoms with Gasteiger partial charge in [-0.15, -0.1) is 0 Å². The highest BCUT2D eigenvalue weighted by molar-refractivity contribution is 5.94. The predicted octanol–water partition coefficient (Wildman–Crippen LogP) is 2.55. The average Bonchev–Trinajstić information content (AvgIpc) is 2.44. The molecule has 1 rings (SSSR count). The van der Waals surface area contributed by atoms with Crippen molar-refractivity contribution in [2.24, 2.45) is 5.92 Å². The second-order valence-electron chi connectivity index (χ2n) is 6.11. The summed E-state index contributed by atoms with van der Waals surface area (Å²) in [6.45, 7) is 5.07. The maximum Gasteiger partial charge on any atom is 0.320 e. The van der Waals surface area contributed by atoms with Gasteiger partial charge in [0.2, 0.25) is 0 Å². The number of hydrogen-bond donors (Lipinski definition) is 1. The molecule has 6 heteroatoms. The molecule has 6 nitrogen and oxygen atoms in total. The molecule has 1 aromatic rings. The van der Waals surface area contributed by atoms with E-state index in [2.05, 4.69) is 0 Å². The largest absolute Gasteiger partial charge is 0.481 e. The highest BCUT2D eigenvalue weighted by atomic mass is 16.6. The topological polar surface area (TPSA) is 89.9 Å². The zero-order valence-electron chi connectivity index (χ0n) is 13.6. The van der Waals surface area contributed by atoms with E-state index in [-0.39, 0.29) is 19.4 Å². The van der Waals surface area contributed by atoms with Crippen LogP contribution < -0.4 is 0 Å². The van der Waals surface area contributed by atoms with Crippen molar-refractivity contribution in [1.29, 1.82) is 0 Å². The summed E-state index contributed by atoms with van der Waals surface area (Å²) in [5.74, 6) is -4.09. The molecule has 0 heterocycles. The number of esters is 2. The van der Waals surface area contributed by atoms with Gasteiger partial charge in [-0.25, -0.2) is 0 Å². The summed E-state index contributed by atoms with van der Waals surface area (Å²) < 4.78 is 10.1. The second-order valence-corrected chi connectivity index (χ2v) is 6.11. The van der Waals surface area contributed by atoms with Crippen LogP contribution in [0.1, 0.15) is 39.2 Å². The molecule has 0 aliphatic heterocycles. The van der Waals surface area contributed by atoms with Gasteiger partial charge in [0, 0.05) is 6.42 Å². The normalized spacial score (nSPS) is 12.3. The number of hydrogen-bond acceptors (Lipinski definition) is 5. The van der Waals surface area contributed by atoms with Crippen LogP contribution in [0.2, 0.25) is 0 Å². The lowest BCUT2D eigenvalue weighted by atomic mass is 10.0. The van der Waals surface area contributed by atoms with E-state index in [0.29, 0.717) is 0 Å². The molecule has 1 N–H and O–H groups in total. The van der Waals surface area contributed by atoms with Crippen LogP contribution in [-0.4, -0.2) is 28.6 Å². The molecule has 0 aliphatic carbocycles. The number of benzene rings is 1. The van der Waals surface area contributed by atoms with Crippen molar-refractivity contribution in [3.05, 3.63) is 35.9 Å². The SMILES string of the molecule is CC(C)(C)OC(=O)[C@H](CCC(=O)OCc1ccccc1)C(=O)O. The van der Waals surface area contributed by atoms with Crippen LogP contribution in [0.3, 0.4) is 0 Å². The van der Waals surface area contributed by atoms with Crippen LogP contribution in [0.15, 0.2) is 30.3 Å². The van der Waals surface area contributed by atoms with Crippen molar-refractivity contribution in [2.75, 3.05) is 0 Å². The van der Waals surface area contributed by atoms with E-state index in [1.165, 1.54) is 0 Å². The van der Waals surface area contributed by atoms with Crippen LogP contribution >= 0.6 is 0 Å². The van der Waals surface area contributed by atoms with Gasteiger partial charge in [0.1, 0.15) is 12.2 Å². The van der Waals surface area contributed by atoms with Crippen molar-refractivity contribution in [3.8, 4) is 0 Å². The third-order valence-electron chi connectivity index (χ3n) is 2.87. The van der Waals surface area contributed by atoms with Crippen LogP contribution in [0, 0.1) is 5.92 Å². The number of carboxylic acid groups (broad SMARTS) is 1. The van der Waals surface area contributed by atoms with Crippen LogP contribution in [0.5, 0.6) is 0 Å². The molecule has 0 saturated carbocycles. The number of carbonyl (C=O) groups excluding carboxylic acids is 2. The molecule has 0 amide bonds. The Morgan fingerprint density at radius 2 is 1.74 bits per heavy atom. The molecule has 0 fully saturated rings. The average molecular weight is 322 g/mol. The van der Waals surface area contributed by atoms with E-state index < -0.39 is 29.4 Å². The molecule has 126 valence electrons. The van der Waals surface area contributed by atoms with Crippen LogP contribution in [-0.2, 0) is 30.5 Å². The Kier molecular flexibility index (Phi) is 6.75. The van der Waals surface area contributed by atoms with Gasteiger partial charge in [-0.05, 0) is 32.8 Å². The molecule has 0 aromatic heterocycles. The smallest absolute Gasteiger partial charge is 0.320 e. The third kappa shape index (κ3) is 7.44. The summed E-state index contributed by atoms with van der Waals surface area (Å²) in [7, 11) is 0. The van der Waals surface area contributed by atoms with Gasteiger partial charge >= 0.3 is 17.9 Å². The lowest BCUT2D eigenvalue weighted by Gasteiger charge is -2.22. The Bertz CT molecular complexity index is 544. The fourth-order valence-electron chi connectivity index (χ4n) is 1.79. The van der Waals surface area contributed by atoms with Crippen molar-refractivity contribution in [2.45, 2.75) is 45.8 Å². The highest BCUT2D eigenvalue weighted by Gasteiger charge is 2.31. The van der Waals surface area contributed by atoms with Crippen LogP contribution in [0.25, 0.3) is 0 Å². The minimum absolute atomic E-state index is 0.115. The highest BCUT2D eigenvalue weighted by Crippen LogP contribution is 2.16. The van der Waals surface area contributed by atoms with Gasteiger partial charge in [-0.1, -0.05) is 30.3 Å². The van der Waals surface area contributed by atoms with Crippen molar-refractivity contribution in [3.63, 3.8) is 0 Å². The fraction of sp³-hybridized carbons (Fsp3) is 0.471. The first-order valence-electron chi connectivity index (χ1n) is 7.34. The van der Waals surface area contributed by atoms with E-state index >= 15 is 0 Å². The van der Waals surface area contributed by atoms with Gasteiger partial charge in [-0.3, -0.25) is 14.4 Å². The van der Waals surface area contributed by atoms with Gasteiger partial charge in [0.25, 0.3) is 0 Å². The van der Waals surface area contributed by atoms with E-state index in [9.17, 15) is 14.4 Å². The number of rotatable bonds is 7. The Balaban J connectivity index is 2.47. The summed E-state index contributed by atoms with van der Waals surface area (Å²) in [4.78, 5) is 34.7. The molecule has 1 atom stereocenters. The molecular formula is C17H22O6. The maximum absolute atomic E-state index is 11.8. The maximum atomic E-state index is 11.8. The summed E-state index contributed by atoms with van der Waals surface area (Å²) in [6.07, 6.45) is -0.319. The van der Waals surface area contributed by atoms with Gasteiger partial charge in [0.05, 0.1) is 0 Å². The van der Waals surface area contributed by atoms with E-state index in [1.54, 1.807) is 20.8 Å². The van der Waals surface area contributed by atoms with Crippen molar-refractivity contribution < 1.29 is 29.0 Å². The molecule has 1 aromatic carbocycles. The Hall–Kier alpha value is -2.37. The number of carbonyl (C=O) groups is 3. The number of carboxylic acids is 1. The van der Waals surface area contributed by atoms with Gasteiger partial charge < -0.3 is 14.6 Å². The minimum atomic E-state index is -1.38. The zero-order valence-corrected chi connectivity index (χ0v) is 13.6. The van der Waals surface area contributed by atoms with Crippen molar-refractivity contribution in [1.82, 2.24) is 0 Å². The standard InChI is InChI=1S/C17H22O6/c1-17(2,3)23-16(21)13(15(19)20)9-10-14(18)22-11-12-7-5-4-6-8-12/h4-8,13H,9-11H2,1-3H3,(H,19,20)/t13-/m1/s1. The van der Waals surface area contributed by atoms with Gasteiger partial charge in [0.15, 0.2) is 5.92 Å². The molecule has 0 radical (unpaired) electrons. The number of ether oxygens (including phenoxy) is 2. The second kappa shape index (κ2) is 8.31. The third-order valence-corrected chi connectivity index (χ3v) is 2.87. The van der Waals surface area contributed by atoms with E-state index in [1.807, 2.05) is 30.3 Å². The van der Waals surface area contributed by atoms with Crippen molar-refractivity contribution >= 4 is 17.9 Å². The molecular weight excluding hydrogens is 300 g/mol. The molecule has 0 unspecified atom stereocenters. The molecule has 0 spiro atoms. The Labute approximate surface area is 135 Å². The van der Waals surface area contributed by atoms with E-state index in [4.69, 9.17) is 14.6 Å². The molecule has 0 saturated heterocycles. The minimum Gasteiger partial charge on any atom is -0.481 e. The predicted molar refractivity (Wildman–Crippen MR) is 82.4 cm³/mol. The summed E-state index contributed by atoms with van der Waals surface area (Å²) in [6, 6.07) is 9.13. The summed E-state index contributed by atoms with van der Waals surface area (Å²) in [5, 5.41) is 9.11. The first-order chi connectivity index (χ1) is 10.7. The Morgan fingerprint density at radius 1 is 1.13 bits per heavy atom. The molecule has 0 aliphatic rings. The first kappa shape index (κ1) is 18.7. The number of aliphatic carboxylic acids is 1. The lowest BCUT2D eigenvalue weighted by molar-refractivity contribution is -0.167. The first-order valence-corrected chi connectivity index (χ1v) is 7.34. The molecule has 0 bridgehead atoms. The van der Waals surface area contributed by atoms with E-state index in [0.717, 1.165) is 5.56 Å². The monoisotopic (exact) mass is 322 g/mol. The molecule has 23 heavy (non-hydrogen) atoms. The fourth-order valence-corrected chi connectivity index (χ4v) is 1.79. The van der Waals surface area contributed by atoms with Gasteiger partial charge in [-0.2, -0.15) is 0 Å².